The fraction of sp³-hybridized carbons (Fsp3) is 0.412. The van der Waals surface area contributed by atoms with Crippen LogP contribution < -0.4 is 5.32 Å². The van der Waals surface area contributed by atoms with E-state index in [1.165, 1.54) is 11.1 Å². The number of hydrogen-bond acceptors (Lipinski definition) is 2. The topological polar surface area (TPSA) is 25.2 Å². The summed E-state index contributed by atoms with van der Waals surface area (Å²) in [5.74, 6) is 2.08. The minimum Gasteiger partial charge on any atom is -0.464 e. The van der Waals surface area contributed by atoms with E-state index >= 15 is 0 Å². The zero-order valence-corrected chi connectivity index (χ0v) is 12.1. The molecule has 0 aliphatic carbocycles. The second kappa shape index (κ2) is 6.58. The predicted octanol–water partition coefficient (Wildman–Crippen LogP) is 3.91. The van der Waals surface area contributed by atoms with Crippen molar-refractivity contribution in [3.05, 3.63) is 59.0 Å². The summed E-state index contributed by atoms with van der Waals surface area (Å²) in [6.45, 7) is 4.29. The summed E-state index contributed by atoms with van der Waals surface area (Å²) >= 11 is 0. The molecule has 2 rings (SSSR count). The van der Waals surface area contributed by atoms with Crippen molar-refractivity contribution in [2.75, 3.05) is 7.05 Å². The van der Waals surface area contributed by atoms with Gasteiger partial charge in [-0.3, -0.25) is 0 Å². The molecule has 2 heteroatoms. The Morgan fingerprint density at radius 1 is 0.947 bits per heavy atom. The van der Waals surface area contributed by atoms with Gasteiger partial charge in [-0.15, -0.1) is 0 Å². The maximum Gasteiger partial charge on any atom is 0.121 e. The molecule has 0 saturated heterocycles. The minimum atomic E-state index is 0.243. The fourth-order valence-electron chi connectivity index (χ4n) is 2.26. The van der Waals surface area contributed by atoms with Crippen molar-refractivity contribution in [2.24, 2.45) is 0 Å². The molecule has 0 radical (unpaired) electrons. The van der Waals surface area contributed by atoms with Crippen LogP contribution in [0, 0.1) is 0 Å². The Hall–Kier alpha value is -1.54. The number of hydrogen-bond donors (Lipinski definition) is 1. The minimum absolute atomic E-state index is 0.243. The van der Waals surface area contributed by atoms with Gasteiger partial charge in [-0.2, -0.15) is 0 Å². The molecular weight excluding hydrogens is 234 g/mol. The Balaban J connectivity index is 2.09. The SMILES string of the molecule is CCc1ccc(CC(NC)c2ccc(CC)o2)cc1. The van der Waals surface area contributed by atoms with E-state index in [9.17, 15) is 0 Å². The van der Waals surface area contributed by atoms with Gasteiger partial charge in [-0.05, 0) is 43.1 Å². The molecular formula is C17H23NO. The second-order valence-electron chi connectivity index (χ2n) is 4.87. The first kappa shape index (κ1) is 13.9. The Labute approximate surface area is 115 Å². The number of aryl methyl sites for hydroxylation is 2. The van der Waals surface area contributed by atoms with Crippen molar-refractivity contribution in [1.82, 2.24) is 5.32 Å². The zero-order valence-electron chi connectivity index (χ0n) is 12.1. The monoisotopic (exact) mass is 257 g/mol. The van der Waals surface area contributed by atoms with E-state index in [0.29, 0.717) is 0 Å². The van der Waals surface area contributed by atoms with E-state index in [1.807, 2.05) is 7.05 Å². The standard InChI is InChI=1S/C17H23NO/c1-4-13-6-8-14(9-7-13)12-16(18-3)17-11-10-15(5-2)19-17/h6-11,16,18H,4-5,12H2,1-3H3. The van der Waals surface area contributed by atoms with Crippen molar-refractivity contribution in [2.45, 2.75) is 39.2 Å². The van der Waals surface area contributed by atoms with Gasteiger partial charge >= 0.3 is 0 Å². The van der Waals surface area contributed by atoms with Crippen LogP contribution in [-0.4, -0.2) is 7.05 Å². The lowest BCUT2D eigenvalue weighted by Crippen LogP contribution is -2.18. The molecule has 2 aromatic rings. The predicted molar refractivity (Wildman–Crippen MR) is 79.4 cm³/mol. The van der Waals surface area contributed by atoms with Gasteiger partial charge in [-0.25, -0.2) is 0 Å². The van der Waals surface area contributed by atoms with Crippen molar-refractivity contribution in [3.63, 3.8) is 0 Å². The summed E-state index contributed by atoms with van der Waals surface area (Å²) in [5.41, 5.74) is 2.72. The van der Waals surface area contributed by atoms with Crippen molar-refractivity contribution in [3.8, 4) is 0 Å². The van der Waals surface area contributed by atoms with Crippen molar-refractivity contribution < 1.29 is 4.42 Å². The van der Waals surface area contributed by atoms with Gasteiger partial charge in [0.1, 0.15) is 11.5 Å². The maximum absolute atomic E-state index is 5.84. The van der Waals surface area contributed by atoms with Gasteiger partial charge in [-0.1, -0.05) is 38.1 Å². The van der Waals surface area contributed by atoms with Gasteiger partial charge in [0.05, 0.1) is 6.04 Å². The number of benzene rings is 1. The summed E-state index contributed by atoms with van der Waals surface area (Å²) in [5, 5.41) is 3.34. The third kappa shape index (κ3) is 3.48. The molecule has 0 fully saturated rings. The molecule has 0 bridgehead atoms. The molecule has 1 unspecified atom stereocenters. The van der Waals surface area contributed by atoms with Crippen LogP contribution in [0.1, 0.15) is 42.5 Å². The summed E-state index contributed by atoms with van der Waals surface area (Å²) in [6.07, 6.45) is 2.99. The normalized spacial score (nSPS) is 12.6. The van der Waals surface area contributed by atoms with Crippen molar-refractivity contribution in [1.29, 1.82) is 0 Å². The second-order valence-corrected chi connectivity index (χ2v) is 4.87. The Kier molecular flexibility index (Phi) is 4.80. The van der Waals surface area contributed by atoms with Crippen LogP contribution >= 0.6 is 0 Å². The molecule has 0 amide bonds. The Bertz CT molecular complexity index is 498. The summed E-state index contributed by atoms with van der Waals surface area (Å²) in [6, 6.07) is 13.2. The highest BCUT2D eigenvalue weighted by atomic mass is 16.3. The largest absolute Gasteiger partial charge is 0.464 e. The Morgan fingerprint density at radius 2 is 1.63 bits per heavy atom. The molecule has 1 aromatic carbocycles. The number of nitrogens with one attached hydrogen (secondary N) is 1. The van der Waals surface area contributed by atoms with E-state index in [2.05, 4.69) is 55.6 Å². The summed E-state index contributed by atoms with van der Waals surface area (Å²) < 4.78 is 5.84. The first-order valence-electron chi connectivity index (χ1n) is 7.10. The quantitative estimate of drug-likeness (QED) is 0.849. The van der Waals surface area contributed by atoms with Crippen LogP contribution in [0.3, 0.4) is 0 Å². The van der Waals surface area contributed by atoms with Gasteiger partial charge < -0.3 is 9.73 Å². The van der Waals surface area contributed by atoms with Crippen LogP contribution in [0.25, 0.3) is 0 Å². The molecule has 1 aromatic heterocycles. The fourth-order valence-corrected chi connectivity index (χ4v) is 2.26. The third-order valence-corrected chi connectivity index (χ3v) is 3.59. The highest BCUT2D eigenvalue weighted by molar-refractivity contribution is 5.24. The van der Waals surface area contributed by atoms with E-state index in [0.717, 1.165) is 30.8 Å². The summed E-state index contributed by atoms with van der Waals surface area (Å²) in [7, 11) is 1.99. The van der Waals surface area contributed by atoms with Crippen LogP contribution in [0.4, 0.5) is 0 Å². The van der Waals surface area contributed by atoms with E-state index in [4.69, 9.17) is 4.42 Å². The third-order valence-electron chi connectivity index (χ3n) is 3.59. The number of likely N-dealkylation sites (N-methyl/N-ethyl adjacent to an activating group) is 1. The number of furan rings is 1. The molecule has 1 atom stereocenters. The molecule has 0 aliphatic rings. The molecule has 0 saturated carbocycles. The van der Waals surface area contributed by atoms with Gasteiger partial charge in [0.2, 0.25) is 0 Å². The van der Waals surface area contributed by atoms with Crippen molar-refractivity contribution >= 4 is 0 Å². The lowest BCUT2D eigenvalue weighted by molar-refractivity contribution is 0.407. The van der Waals surface area contributed by atoms with Crippen LogP contribution in [0.2, 0.25) is 0 Å². The Morgan fingerprint density at radius 3 is 2.16 bits per heavy atom. The maximum atomic E-state index is 5.84. The first-order valence-corrected chi connectivity index (χ1v) is 7.10. The molecule has 1 N–H and O–H groups in total. The zero-order chi connectivity index (χ0) is 13.7. The highest BCUT2D eigenvalue weighted by Crippen LogP contribution is 2.21. The molecule has 0 aliphatic heterocycles. The van der Waals surface area contributed by atoms with Crippen LogP contribution in [0.15, 0.2) is 40.8 Å². The molecule has 19 heavy (non-hydrogen) atoms. The van der Waals surface area contributed by atoms with E-state index in [-0.39, 0.29) is 6.04 Å². The average Bonchev–Trinajstić information content (AvgIpc) is 2.94. The smallest absolute Gasteiger partial charge is 0.121 e. The molecule has 102 valence electrons. The van der Waals surface area contributed by atoms with Gasteiger partial charge in [0.25, 0.3) is 0 Å². The first-order chi connectivity index (χ1) is 9.26. The van der Waals surface area contributed by atoms with E-state index in [1.54, 1.807) is 0 Å². The molecule has 2 nitrogen and oxygen atoms in total. The lowest BCUT2D eigenvalue weighted by Gasteiger charge is -2.14. The average molecular weight is 257 g/mol. The van der Waals surface area contributed by atoms with Gasteiger partial charge in [0.15, 0.2) is 0 Å². The lowest BCUT2D eigenvalue weighted by atomic mass is 10.0. The van der Waals surface area contributed by atoms with Crippen LogP contribution in [-0.2, 0) is 19.3 Å². The highest BCUT2D eigenvalue weighted by Gasteiger charge is 2.14. The van der Waals surface area contributed by atoms with Gasteiger partial charge in [0, 0.05) is 6.42 Å². The number of rotatable bonds is 6. The summed E-state index contributed by atoms with van der Waals surface area (Å²) in [4.78, 5) is 0. The van der Waals surface area contributed by atoms with E-state index < -0.39 is 0 Å². The molecule has 0 spiro atoms. The molecule has 1 heterocycles. The van der Waals surface area contributed by atoms with Crippen LogP contribution in [0.5, 0.6) is 0 Å².